The van der Waals surface area contributed by atoms with Gasteiger partial charge in [0.2, 0.25) is 0 Å². The average molecular weight is 363 g/mol. The van der Waals surface area contributed by atoms with Gasteiger partial charge in [-0.25, -0.2) is 4.98 Å². The molecule has 0 fully saturated rings. The molecule has 25 heavy (non-hydrogen) atoms. The molecule has 2 aromatic rings. The van der Waals surface area contributed by atoms with Crippen LogP contribution in [0.2, 0.25) is 0 Å². The smallest absolute Gasteiger partial charge is 0.193 e. The Morgan fingerprint density at radius 3 is 2.80 bits per heavy atom. The predicted molar refractivity (Wildman–Crippen MR) is 105 cm³/mol. The van der Waals surface area contributed by atoms with E-state index < -0.39 is 0 Å². The van der Waals surface area contributed by atoms with Gasteiger partial charge in [0, 0.05) is 57.3 Å². The van der Waals surface area contributed by atoms with Gasteiger partial charge in [0.05, 0.1) is 16.4 Å². The van der Waals surface area contributed by atoms with Gasteiger partial charge in [-0.2, -0.15) is 5.10 Å². The van der Waals surface area contributed by atoms with Crippen molar-refractivity contribution in [1.82, 2.24) is 25.0 Å². The number of guanidine groups is 1. The summed E-state index contributed by atoms with van der Waals surface area (Å²) in [4.78, 5) is 11.4. The van der Waals surface area contributed by atoms with E-state index in [0.717, 1.165) is 48.4 Å². The zero-order valence-electron chi connectivity index (χ0n) is 16.2. The van der Waals surface area contributed by atoms with Crippen LogP contribution in [0.4, 0.5) is 0 Å². The van der Waals surface area contributed by atoms with E-state index in [4.69, 9.17) is 4.99 Å². The summed E-state index contributed by atoms with van der Waals surface area (Å²) in [5.41, 5.74) is 3.53. The van der Waals surface area contributed by atoms with Crippen LogP contribution in [0.15, 0.2) is 16.6 Å². The molecular formula is C18H30N6S. The number of aromatic nitrogens is 3. The number of aliphatic imine (C=N–C) groups is 1. The molecule has 0 unspecified atom stereocenters. The van der Waals surface area contributed by atoms with Gasteiger partial charge in [0.1, 0.15) is 0 Å². The second-order valence-electron chi connectivity index (χ2n) is 6.57. The van der Waals surface area contributed by atoms with E-state index >= 15 is 0 Å². The van der Waals surface area contributed by atoms with E-state index in [-0.39, 0.29) is 0 Å². The molecule has 2 heterocycles. The third-order valence-corrected chi connectivity index (χ3v) is 4.71. The van der Waals surface area contributed by atoms with Gasteiger partial charge in [-0.15, -0.1) is 11.3 Å². The Hall–Kier alpha value is -1.89. The molecule has 0 bridgehead atoms. The average Bonchev–Trinajstić information content (AvgIpc) is 3.12. The lowest BCUT2D eigenvalue weighted by Crippen LogP contribution is -2.38. The van der Waals surface area contributed by atoms with Crippen LogP contribution in [-0.4, -0.2) is 45.8 Å². The first kappa shape index (κ1) is 19.4. The van der Waals surface area contributed by atoms with Crippen LogP contribution in [0.1, 0.15) is 48.6 Å². The van der Waals surface area contributed by atoms with Crippen molar-refractivity contribution in [3.63, 3.8) is 0 Å². The molecule has 0 aliphatic rings. The molecule has 1 N–H and O–H groups in total. The highest BCUT2D eigenvalue weighted by molar-refractivity contribution is 7.09. The SMILES string of the molecule is CCNC(=NCCc1csc(C)n1)N(C)Cc1cn(C)nc1C(C)C. The van der Waals surface area contributed by atoms with Crippen LogP contribution in [0.5, 0.6) is 0 Å². The summed E-state index contributed by atoms with van der Waals surface area (Å²) in [6.45, 7) is 10.9. The van der Waals surface area contributed by atoms with Gasteiger partial charge < -0.3 is 10.2 Å². The van der Waals surface area contributed by atoms with Crippen LogP contribution < -0.4 is 5.32 Å². The predicted octanol–water partition coefficient (Wildman–Crippen LogP) is 2.95. The maximum atomic E-state index is 4.76. The van der Waals surface area contributed by atoms with E-state index in [9.17, 15) is 0 Å². The Kier molecular flexibility index (Phi) is 6.99. The highest BCUT2D eigenvalue weighted by atomic mass is 32.1. The minimum atomic E-state index is 0.414. The molecule has 0 spiro atoms. The minimum absolute atomic E-state index is 0.414. The van der Waals surface area contributed by atoms with Crippen LogP contribution >= 0.6 is 11.3 Å². The lowest BCUT2D eigenvalue weighted by Gasteiger charge is -2.22. The summed E-state index contributed by atoms with van der Waals surface area (Å²) in [6, 6.07) is 0. The van der Waals surface area contributed by atoms with E-state index in [0.29, 0.717) is 5.92 Å². The first-order chi connectivity index (χ1) is 11.9. The molecule has 2 aromatic heterocycles. The molecule has 0 amide bonds. The number of thiazole rings is 1. The lowest BCUT2D eigenvalue weighted by atomic mass is 10.1. The first-order valence-corrected chi connectivity index (χ1v) is 9.71. The molecule has 2 rings (SSSR count). The molecule has 0 atom stereocenters. The van der Waals surface area contributed by atoms with E-state index in [1.165, 1.54) is 5.56 Å². The quantitative estimate of drug-likeness (QED) is 0.608. The minimum Gasteiger partial charge on any atom is -0.357 e. The van der Waals surface area contributed by atoms with Gasteiger partial charge in [-0.1, -0.05) is 13.8 Å². The molecule has 138 valence electrons. The number of nitrogens with zero attached hydrogens (tertiary/aromatic N) is 5. The van der Waals surface area contributed by atoms with Crippen LogP contribution in [0, 0.1) is 6.92 Å². The fraction of sp³-hybridized carbons (Fsp3) is 0.611. The van der Waals surface area contributed by atoms with Crippen LogP contribution in [-0.2, 0) is 20.0 Å². The largest absolute Gasteiger partial charge is 0.357 e. The number of nitrogens with one attached hydrogen (secondary N) is 1. The van der Waals surface area contributed by atoms with E-state index in [1.54, 1.807) is 11.3 Å². The van der Waals surface area contributed by atoms with Crippen molar-refractivity contribution < 1.29 is 0 Å². The van der Waals surface area contributed by atoms with Crippen molar-refractivity contribution in [2.24, 2.45) is 12.0 Å². The molecule has 0 radical (unpaired) electrons. The fourth-order valence-electron chi connectivity index (χ4n) is 2.76. The van der Waals surface area contributed by atoms with E-state index in [1.807, 2.05) is 18.7 Å². The van der Waals surface area contributed by atoms with Crippen molar-refractivity contribution in [2.45, 2.75) is 46.6 Å². The molecule has 6 nitrogen and oxygen atoms in total. The van der Waals surface area contributed by atoms with Crippen molar-refractivity contribution in [1.29, 1.82) is 0 Å². The first-order valence-electron chi connectivity index (χ1n) is 8.83. The van der Waals surface area contributed by atoms with Crippen LogP contribution in [0.3, 0.4) is 0 Å². The standard InChI is InChI=1S/C18H30N6S/c1-7-19-18(20-9-8-16-12-25-14(4)21-16)23(5)10-15-11-24(6)22-17(15)13(2)3/h11-13H,7-10H2,1-6H3,(H,19,20). The zero-order valence-corrected chi connectivity index (χ0v) is 17.0. The van der Waals surface area contributed by atoms with Crippen molar-refractivity contribution in [2.75, 3.05) is 20.1 Å². The third kappa shape index (κ3) is 5.56. The Bertz CT molecular complexity index is 700. The summed E-state index contributed by atoms with van der Waals surface area (Å²) in [6.07, 6.45) is 2.98. The zero-order chi connectivity index (χ0) is 18.4. The monoisotopic (exact) mass is 362 g/mol. The highest BCUT2D eigenvalue weighted by Crippen LogP contribution is 2.18. The summed E-state index contributed by atoms with van der Waals surface area (Å²) < 4.78 is 1.90. The summed E-state index contributed by atoms with van der Waals surface area (Å²) >= 11 is 1.69. The molecule has 7 heteroatoms. The lowest BCUT2D eigenvalue weighted by molar-refractivity contribution is 0.473. The molecule has 0 saturated carbocycles. The summed E-state index contributed by atoms with van der Waals surface area (Å²) in [7, 11) is 4.05. The molecule has 0 aliphatic heterocycles. The molecule has 0 aliphatic carbocycles. The summed E-state index contributed by atoms with van der Waals surface area (Å²) in [5, 5.41) is 11.2. The molecule has 0 aromatic carbocycles. The van der Waals surface area contributed by atoms with E-state index in [2.05, 4.69) is 59.7 Å². The van der Waals surface area contributed by atoms with Gasteiger partial charge >= 0.3 is 0 Å². The highest BCUT2D eigenvalue weighted by Gasteiger charge is 2.15. The van der Waals surface area contributed by atoms with Crippen LogP contribution in [0.25, 0.3) is 0 Å². The van der Waals surface area contributed by atoms with Gasteiger partial charge in [-0.05, 0) is 19.8 Å². The second-order valence-corrected chi connectivity index (χ2v) is 7.63. The molecular weight excluding hydrogens is 332 g/mol. The Morgan fingerprint density at radius 1 is 1.44 bits per heavy atom. The Labute approximate surface area is 155 Å². The van der Waals surface area contributed by atoms with Gasteiger partial charge in [0.15, 0.2) is 5.96 Å². The topological polar surface area (TPSA) is 58.3 Å². The Morgan fingerprint density at radius 2 is 2.20 bits per heavy atom. The summed E-state index contributed by atoms with van der Waals surface area (Å²) in [5.74, 6) is 1.34. The second kappa shape index (κ2) is 8.99. The molecule has 0 saturated heterocycles. The number of hydrogen-bond acceptors (Lipinski definition) is 4. The van der Waals surface area contributed by atoms with Gasteiger partial charge in [0.25, 0.3) is 0 Å². The van der Waals surface area contributed by atoms with Gasteiger partial charge in [-0.3, -0.25) is 9.67 Å². The maximum Gasteiger partial charge on any atom is 0.193 e. The third-order valence-electron chi connectivity index (χ3n) is 3.88. The number of rotatable bonds is 7. The van der Waals surface area contributed by atoms with Crippen molar-refractivity contribution >= 4 is 17.3 Å². The number of aryl methyl sites for hydroxylation is 2. The number of hydrogen-bond donors (Lipinski definition) is 1. The Balaban J connectivity index is 2.04. The van der Waals surface area contributed by atoms with Crippen molar-refractivity contribution in [3.8, 4) is 0 Å². The normalized spacial score (nSPS) is 12.0. The maximum absolute atomic E-state index is 4.76. The fourth-order valence-corrected chi connectivity index (χ4v) is 3.41. The van der Waals surface area contributed by atoms with Crippen molar-refractivity contribution in [3.05, 3.63) is 33.5 Å².